The molecule has 0 saturated heterocycles. The van der Waals surface area contributed by atoms with Gasteiger partial charge in [-0.15, -0.1) is 11.3 Å². The number of rotatable bonds is 13. The molecule has 0 unspecified atom stereocenters. The third-order valence-electron chi connectivity index (χ3n) is 7.16. The first-order chi connectivity index (χ1) is 22.3. The number of hydrogen-bond donors (Lipinski definition) is 0. The number of hydrogen-bond acceptors (Lipinski definition) is 7. The summed E-state index contributed by atoms with van der Waals surface area (Å²) in [6.07, 6.45) is 0. The summed E-state index contributed by atoms with van der Waals surface area (Å²) in [5.74, 6) is 2.28. The Hall–Kier alpha value is -3.99. The monoisotopic (exact) mass is 714 g/mol. The van der Waals surface area contributed by atoms with Crippen LogP contribution in [0, 0.1) is 6.92 Å². The number of fused-ring (bicyclic) bond motifs is 1. The third-order valence-corrected chi connectivity index (χ3v) is 10.2. The van der Waals surface area contributed by atoms with E-state index in [1.54, 1.807) is 23.5 Å². The smallest absolute Gasteiger partial charge is 0.297 e. The minimum absolute atomic E-state index is 0.0690. The molecule has 6 aromatic rings. The van der Waals surface area contributed by atoms with Crippen LogP contribution in [0.2, 0.25) is 0 Å². The van der Waals surface area contributed by atoms with Gasteiger partial charge in [-0.05, 0) is 78.2 Å². The lowest BCUT2D eigenvalue weighted by Gasteiger charge is -2.10. The Balaban J connectivity index is 1.11. The van der Waals surface area contributed by atoms with Crippen LogP contribution in [0.15, 0.2) is 131 Å². The molecule has 0 aliphatic heterocycles. The number of halogens is 1. The highest BCUT2D eigenvalue weighted by molar-refractivity contribution is 9.10. The molecule has 9 heteroatoms. The molecule has 0 N–H and O–H groups in total. The lowest BCUT2D eigenvalue weighted by molar-refractivity contribution is 0.0907. The van der Waals surface area contributed by atoms with Gasteiger partial charge in [-0.1, -0.05) is 88.2 Å². The molecule has 46 heavy (non-hydrogen) atoms. The lowest BCUT2D eigenvalue weighted by atomic mass is 10.1. The third kappa shape index (κ3) is 8.04. The van der Waals surface area contributed by atoms with E-state index in [0.29, 0.717) is 19.0 Å². The standard InChI is InChI=1S/C37H31BrO6S2/c1-26-7-18-33(19-8-26)46(39,40)43-22-21-41-24-28-9-15-31(16-10-28)44-36-34-20-17-32(42-25-27-5-3-2-4-6-27)23-35(34)45-37(36)29-11-13-30(38)14-12-29/h2-20,23H,21-22,24-25H2,1H3. The Morgan fingerprint density at radius 3 is 2.15 bits per heavy atom. The molecule has 0 bridgehead atoms. The summed E-state index contributed by atoms with van der Waals surface area (Å²) in [7, 11) is -3.82. The largest absolute Gasteiger partial charge is 0.489 e. The number of thiophene rings is 1. The molecular weight excluding hydrogens is 684 g/mol. The van der Waals surface area contributed by atoms with Crippen LogP contribution in [0.1, 0.15) is 16.7 Å². The first kappa shape index (κ1) is 32.0. The summed E-state index contributed by atoms with van der Waals surface area (Å²) < 4.78 is 50.2. The zero-order chi connectivity index (χ0) is 31.9. The lowest BCUT2D eigenvalue weighted by Crippen LogP contribution is -2.11. The zero-order valence-corrected chi connectivity index (χ0v) is 28.2. The molecule has 0 aliphatic carbocycles. The number of aryl methyl sites for hydroxylation is 1. The van der Waals surface area contributed by atoms with Crippen molar-refractivity contribution in [2.24, 2.45) is 0 Å². The summed E-state index contributed by atoms with van der Waals surface area (Å²) in [6.45, 7) is 2.77. The number of ether oxygens (including phenoxy) is 3. The van der Waals surface area contributed by atoms with Crippen LogP contribution in [0.3, 0.4) is 0 Å². The van der Waals surface area contributed by atoms with Gasteiger partial charge in [0.05, 0.1) is 29.6 Å². The van der Waals surface area contributed by atoms with Gasteiger partial charge in [0.1, 0.15) is 18.1 Å². The Kier molecular flexibility index (Phi) is 10.2. The van der Waals surface area contributed by atoms with Crippen LogP contribution >= 0.6 is 27.3 Å². The Morgan fingerprint density at radius 1 is 0.717 bits per heavy atom. The van der Waals surface area contributed by atoms with Gasteiger partial charge >= 0.3 is 0 Å². The van der Waals surface area contributed by atoms with E-state index >= 15 is 0 Å². The SMILES string of the molecule is Cc1ccc(S(=O)(=O)OCCOCc2ccc(Oc3c(-c4ccc(Br)cc4)sc4cc(OCc5ccccc5)ccc34)cc2)cc1. The van der Waals surface area contributed by atoms with Crippen LogP contribution in [-0.4, -0.2) is 21.6 Å². The van der Waals surface area contributed by atoms with Crippen molar-refractivity contribution in [1.29, 1.82) is 0 Å². The quantitative estimate of drug-likeness (QED) is 0.0876. The molecule has 0 radical (unpaired) electrons. The summed E-state index contributed by atoms with van der Waals surface area (Å²) in [6, 6.07) is 38.6. The molecule has 1 heterocycles. The zero-order valence-electron chi connectivity index (χ0n) is 25.0. The highest BCUT2D eigenvalue weighted by Gasteiger charge is 2.18. The van der Waals surface area contributed by atoms with E-state index in [9.17, 15) is 8.42 Å². The van der Waals surface area contributed by atoms with Crippen LogP contribution in [0.25, 0.3) is 20.5 Å². The van der Waals surface area contributed by atoms with Gasteiger partial charge < -0.3 is 14.2 Å². The summed E-state index contributed by atoms with van der Waals surface area (Å²) >= 11 is 5.20. The van der Waals surface area contributed by atoms with Gasteiger partial charge in [0.2, 0.25) is 0 Å². The van der Waals surface area contributed by atoms with Crippen molar-refractivity contribution in [3.63, 3.8) is 0 Å². The predicted octanol–water partition coefficient (Wildman–Crippen LogP) is 9.93. The molecule has 0 aliphatic rings. The Morgan fingerprint density at radius 2 is 1.41 bits per heavy atom. The minimum Gasteiger partial charge on any atom is -0.489 e. The maximum atomic E-state index is 12.4. The fraction of sp³-hybridized carbons (Fsp3) is 0.135. The van der Waals surface area contributed by atoms with Crippen LogP contribution in [-0.2, 0) is 32.3 Å². The van der Waals surface area contributed by atoms with Crippen molar-refractivity contribution in [1.82, 2.24) is 0 Å². The topological polar surface area (TPSA) is 71.1 Å². The van der Waals surface area contributed by atoms with Gasteiger partial charge in [0.15, 0.2) is 5.75 Å². The fourth-order valence-corrected chi connectivity index (χ4v) is 7.04. The molecule has 0 atom stereocenters. The van der Waals surface area contributed by atoms with Crippen molar-refractivity contribution in [2.45, 2.75) is 25.0 Å². The normalized spacial score (nSPS) is 11.5. The van der Waals surface area contributed by atoms with Gasteiger partial charge in [0.25, 0.3) is 10.1 Å². The summed E-state index contributed by atoms with van der Waals surface area (Å²) in [4.78, 5) is 1.16. The van der Waals surface area contributed by atoms with E-state index in [-0.39, 0.29) is 18.1 Å². The van der Waals surface area contributed by atoms with E-state index in [1.807, 2.05) is 85.8 Å². The molecule has 6 nitrogen and oxygen atoms in total. The minimum atomic E-state index is -3.82. The maximum Gasteiger partial charge on any atom is 0.297 e. The highest BCUT2D eigenvalue weighted by atomic mass is 79.9. The molecule has 0 saturated carbocycles. The van der Waals surface area contributed by atoms with Gasteiger partial charge in [-0.3, -0.25) is 4.18 Å². The molecule has 6 rings (SSSR count). The van der Waals surface area contributed by atoms with Gasteiger partial charge in [0, 0.05) is 14.6 Å². The van der Waals surface area contributed by atoms with E-state index in [2.05, 4.69) is 34.1 Å². The summed E-state index contributed by atoms with van der Waals surface area (Å²) in [5.41, 5.74) is 4.08. The average Bonchev–Trinajstić information content (AvgIpc) is 3.42. The van der Waals surface area contributed by atoms with Crippen LogP contribution in [0.4, 0.5) is 0 Å². The van der Waals surface area contributed by atoms with Crippen molar-refractivity contribution >= 4 is 47.5 Å². The molecule has 234 valence electrons. The second kappa shape index (κ2) is 14.6. The fourth-order valence-electron chi connectivity index (χ4n) is 4.71. The highest BCUT2D eigenvalue weighted by Crippen LogP contribution is 2.47. The first-order valence-electron chi connectivity index (χ1n) is 14.6. The van der Waals surface area contributed by atoms with Crippen molar-refractivity contribution in [3.8, 4) is 27.7 Å². The second-order valence-corrected chi connectivity index (χ2v) is 14.2. The Labute approximate surface area is 281 Å². The van der Waals surface area contributed by atoms with E-state index in [1.165, 1.54) is 12.1 Å². The molecular formula is C37H31BrO6S2. The number of benzene rings is 5. The predicted molar refractivity (Wildman–Crippen MR) is 186 cm³/mol. The van der Waals surface area contributed by atoms with Crippen LogP contribution < -0.4 is 9.47 Å². The Bertz CT molecular complexity index is 2010. The van der Waals surface area contributed by atoms with E-state index in [4.69, 9.17) is 18.4 Å². The second-order valence-electron chi connectivity index (χ2n) is 10.6. The van der Waals surface area contributed by atoms with E-state index in [0.717, 1.165) is 53.2 Å². The van der Waals surface area contributed by atoms with Crippen molar-refractivity contribution in [3.05, 3.63) is 142 Å². The van der Waals surface area contributed by atoms with Crippen molar-refractivity contribution < 1.29 is 26.8 Å². The summed E-state index contributed by atoms with van der Waals surface area (Å²) in [5, 5.41) is 1.00. The average molecular weight is 716 g/mol. The van der Waals surface area contributed by atoms with Crippen molar-refractivity contribution in [2.75, 3.05) is 13.2 Å². The molecule has 1 aromatic heterocycles. The molecule has 0 spiro atoms. The molecule has 5 aromatic carbocycles. The maximum absolute atomic E-state index is 12.4. The van der Waals surface area contributed by atoms with Crippen LogP contribution in [0.5, 0.6) is 17.2 Å². The molecule has 0 fully saturated rings. The van der Waals surface area contributed by atoms with E-state index < -0.39 is 10.1 Å². The first-order valence-corrected chi connectivity index (χ1v) is 17.7. The van der Waals surface area contributed by atoms with Gasteiger partial charge in [-0.2, -0.15) is 8.42 Å². The molecule has 0 amide bonds. The van der Waals surface area contributed by atoms with Gasteiger partial charge in [-0.25, -0.2) is 0 Å².